The Balaban J connectivity index is 4.80. The van der Waals surface area contributed by atoms with Gasteiger partial charge in [0.25, 0.3) is 0 Å². The molecule has 2 unspecified atom stereocenters. The lowest BCUT2D eigenvalue weighted by atomic mass is 9.58. The van der Waals surface area contributed by atoms with Crippen LogP contribution < -0.4 is 0 Å². The molecular weight excluding hydrogens is 216 g/mol. The average Bonchev–Trinajstić information content (AvgIpc) is 2.32. The molecule has 0 amide bonds. The fraction of sp³-hybridized carbons (Fsp3) is 1.00. The van der Waals surface area contributed by atoms with Crippen molar-refractivity contribution in [2.24, 2.45) is 22.7 Å². The van der Waals surface area contributed by atoms with Crippen LogP contribution in [0.5, 0.6) is 0 Å². The maximum absolute atomic E-state index is 2.54. The number of hydrogen-bond acceptors (Lipinski definition) is 0. The van der Waals surface area contributed by atoms with Crippen molar-refractivity contribution in [3.63, 3.8) is 0 Å². The predicted octanol–water partition coefficient (Wildman–Crippen LogP) is 6.69. The largest absolute Gasteiger partial charge is 0.0648 e. The molecular formula is C18H38. The van der Waals surface area contributed by atoms with Gasteiger partial charge in [-0.3, -0.25) is 0 Å². The van der Waals surface area contributed by atoms with Gasteiger partial charge in [0.1, 0.15) is 0 Å². The van der Waals surface area contributed by atoms with E-state index in [1.807, 2.05) is 0 Å². The fourth-order valence-corrected chi connectivity index (χ4v) is 3.03. The zero-order valence-electron chi connectivity index (χ0n) is 14.4. The summed E-state index contributed by atoms with van der Waals surface area (Å²) in [6, 6.07) is 0. The summed E-state index contributed by atoms with van der Waals surface area (Å²) in [4.78, 5) is 0. The van der Waals surface area contributed by atoms with Crippen LogP contribution in [0.25, 0.3) is 0 Å². The van der Waals surface area contributed by atoms with Crippen molar-refractivity contribution in [1.82, 2.24) is 0 Å². The van der Waals surface area contributed by atoms with E-state index >= 15 is 0 Å². The van der Waals surface area contributed by atoms with Gasteiger partial charge in [0.15, 0.2) is 0 Å². The standard InChI is InChI=1S/C18H38/c1-9-17(7,13-11-15(3)4)18(8,10-2)14-12-16(5)6/h15-16H,9-14H2,1-8H3. The molecule has 0 fully saturated rings. The molecule has 0 aliphatic heterocycles. The van der Waals surface area contributed by atoms with Crippen molar-refractivity contribution in [2.75, 3.05) is 0 Å². The van der Waals surface area contributed by atoms with Crippen molar-refractivity contribution in [1.29, 1.82) is 0 Å². The minimum absolute atomic E-state index is 0.515. The first kappa shape index (κ1) is 18.0. The minimum Gasteiger partial charge on any atom is -0.0648 e. The summed E-state index contributed by atoms with van der Waals surface area (Å²) in [5.74, 6) is 1.67. The molecule has 0 saturated heterocycles. The molecule has 0 bridgehead atoms. The Morgan fingerprint density at radius 3 is 1.11 bits per heavy atom. The second-order valence-corrected chi connectivity index (χ2v) is 7.69. The van der Waals surface area contributed by atoms with E-state index in [0.717, 1.165) is 11.8 Å². The highest BCUT2D eigenvalue weighted by Gasteiger charge is 2.40. The number of hydrogen-bond donors (Lipinski definition) is 0. The molecule has 0 heterocycles. The Labute approximate surface area is 117 Å². The van der Waals surface area contributed by atoms with Gasteiger partial charge in [-0.25, -0.2) is 0 Å². The summed E-state index contributed by atoms with van der Waals surface area (Å²) in [5, 5.41) is 0. The summed E-state index contributed by atoms with van der Waals surface area (Å²) >= 11 is 0. The zero-order chi connectivity index (χ0) is 14.4. The third kappa shape index (κ3) is 4.94. The van der Waals surface area contributed by atoms with Crippen molar-refractivity contribution in [2.45, 2.75) is 93.9 Å². The molecule has 0 rings (SSSR count). The molecule has 0 saturated carbocycles. The molecule has 18 heavy (non-hydrogen) atoms. The summed E-state index contributed by atoms with van der Waals surface area (Å²) in [6.45, 7) is 19.3. The smallest absolute Gasteiger partial charge is 0.0275 e. The Morgan fingerprint density at radius 1 is 0.667 bits per heavy atom. The second-order valence-electron chi connectivity index (χ2n) is 7.69. The average molecular weight is 255 g/mol. The van der Waals surface area contributed by atoms with Crippen LogP contribution in [0.1, 0.15) is 93.9 Å². The van der Waals surface area contributed by atoms with Crippen LogP contribution in [0.3, 0.4) is 0 Å². The monoisotopic (exact) mass is 254 g/mol. The van der Waals surface area contributed by atoms with Gasteiger partial charge in [-0.15, -0.1) is 0 Å². The molecule has 0 N–H and O–H groups in total. The maximum atomic E-state index is 2.54. The van der Waals surface area contributed by atoms with Crippen molar-refractivity contribution < 1.29 is 0 Å². The van der Waals surface area contributed by atoms with Crippen molar-refractivity contribution in [3.8, 4) is 0 Å². The first-order chi connectivity index (χ1) is 8.20. The van der Waals surface area contributed by atoms with Crippen LogP contribution in [0, 0.1) is 22.7 Å². The summed E-state index contributed by atoms with van der Waals surface area (Å²) < 4.78 is 0. The SMILES string of the molecule is CCC(C)(CCC(C)C)C(C)(CC)CCC(C)C. The molecule has 0 aromatic carbocycles. The van der Waals surface area contributed by atoms with Gasteiger partial charge in [0.05, 0.1) is 0 Å². The maximum Gasteiger partial charge on any atom is -0.0275 e. The van der Waals surface area contributed by atoms with Crippen LogP contribution in [0.2, 0.25) is 0 Å². The van der Waals surface area contributed by atoms with Gasteiger partial charge < -0.3 is 0 Å². The first-order valence-corrected chi connectivity index (χ1v) is 8.20. The van der Waals surface area contributed by atoms with E-state index in [-0.39, 0.29) is 0 Å². The molecule has 2 atom stereocenters. The summed E-state index contributed by atoms with van der Waals surface area (Å²) in [5.41, 5.74) is 1.03. The molecule has 0 aliphatic carbocycles. The summed E-state index contributed by atoms with van der Waals surface area (Å²) in [7, 11) is 0. The van der Waals surface area contributed by atoms with Crippen molar-refractivity contribution in [3.05, 3.63) is 0 Å². The van der Waals surface area contributed by atoms with Gasteiger partial charge in [-0.2, -0.15) is 0 Å². The summed E-state index contributed by atoms with van der Waals surface area (Å²) in [6.07, 6.45) is 8.18. The molecule has 0 aliphatic rings. The quantitative estimate of drug-likeness (QED) is 0.430. The molecule has 0 heteroatoms. The van der Waals surface area contributed by atoms with Gasteiger partial charge in [-0.05, 0) is 35.5 Å². The predicted molar refractivity (Wildman–Crippen MR) is 84.9 cm³/mol. The molecule has 0 aromatic rings. The zero-order valence-corrected chi connectivity index (χ0v) is 14.4. The molecule has 0 spiro atoms. The minimum atomic E-state index is 0.515. The Morgan fingerprint density at radius 2 is 0.944 bits per heavy atom. The van der Waals surface area contributed by atoms with Crippen LogP contribution in [0.4, 0.5) is 0 Å². The highest BCUT2D eigenvalue weighted by atomic mass is 14.5. The first-order valence-electron chi connectivity index (χ1n) is 8.20. The van der Waals surface area contributed by atoms with Gasteiger partial charge in [0.2, 0.25) is 0 Å². The molecule has 0 nitrogen and oxygen atoms in total. The third-order valence-electron chi connectivity index (χ3n) is 5.56. The van der Waals surface area contributed by atoms with Gasteiger partial charge >= 0.3 is 0 Å². The van der Waals surface area contributed by atoms with E-state index in [0.29, 0.717) is 10.8 Å². The van der Waals surface area contributed by atoms with E-state index in [4.69, 9.17) is 0 Å². The lowest BCUT2D eigenvalue weighted by Gasteiger charge is -2.47. The highest BCUT2D eigenvalue weighted by molar-refractivity contribution is 4.91. The fourth-order valence-electron chi connectivity index (χ4n) is 3.03. The molecule has 0 aromatic heterocycles. The third-order valence-corrected chi connectivity index (χ3v) is 5.56. The lowest BCUT2D eigenvalue weighted by Crippen LogP contribution is -2.37. The van der Waals surface area contributed by atoms with E-state index < -0.39 is 0 Å². The molecule has 110 valence electrons. The lowest BCUT2D eigenvalue weighted by molar-refractivity contribution is 0.0300. The van der Waals surface area contributed by atoms with E-state index in [9.17, 15) is 0 Å². The highest BCUT2D eigenvalue weighted by Crippen LogP contribution is 2.51. The number of rotatable bonds is 9. The van der Waals surface area contributed by atoms with Gasteiger partial charge in [-0.1, -0.05) is 81.1 Å². The van der Waals surface area contributed by atoms with E-state index in [1.165, 1.54) is 38.5 Å². The van der Waals surface area contributed by atoms with Crippen LogP contribution in [0.15, 0.2) is 0 Å². The van der Waals surface area contributed by atoms with Crippen molar-refractivity contribution >= 4 is 0 Å². The Hall–Kier alpha value is 0. The normalized spacial score (nSPS) is 19.0. The van der Waals surface area contributed by atoms with Crippen LogP contribution >= 0.6 is 0 Å². The molecule has 0 radical (unpaired) electrons. The van der Waals surface area contributed by atoms with E-state index in [2.05, 4.69) is 55.4 Å². The Bertz CT molecular complexity index is 192. The van der Waals surface area contributed by atoms with Gasteiger partial charge in [0, 0.05) is 0 Å². The van der Waals surface area contributed by atoms with Crippen LogP contribution in [-0.2, 0) is 0 Å². The topological polar surface area (TPSA) is 0 Å². The van der Waals surface area contributed by atoms with E-state index in [1.54, 1.807) is 0 Å². The second kappa shape index (κ2) is 7.56. The Kier molecular flexibility index (Phi) is 7.56. The van der Waals surface area contributed by atoms with Crippen LogP contribution in [-0.4, -0.2) is 0 Å².